The van der Waals surface area contributed by atoms with Gasteiger partial charge in [0.1, 0.15) is 0 Å². The molecule has 1 saturated heterocycles. The lowest BCUT2D eigenvalue weighted by atomic mass is 9.96. The first-order valence-corrected chi connectivity index (χ1v) is 12.0. The van der Waals surface area contributed by atoms with E-state index in [1.807, 2.05) is 6.07 Å². The van der Waals surface area contributed by atoms with Gasteiger partial charge in [-0.1, -0.05) is 26.0 Å². The van der Waals surface area contributed by atoms with Gasteiger partial charge in [-0.15, -0.1) is 0 Å². The smallest absolute Gasteiger partial charge is 0.381 e. The molecule has 3 heterocycles. The van der Waals surface area contributed by atoms with Crippen LogP contribution < -0.4 is 5.32 Å². The summed E-state index contributed by atoms with van der Waals surface area (Å²) in [7, 11) is 0. The van der Waals surface area contributed by atoms with Gasteiger partial charge in [-0.2, -0.15) is 13.2 Å². The van der Waals surface area contributed by atoms with Crippen molar-refractivity contribution in [2.45, 2.75) is 58.4 Å². The first-order valence-electron chi connectivity index (χ1n) is 12.0. The lowest BCUT2D eigenvalue weighted by Crippen LogP contribution is -2.27. The van der Waals surface area contributed by atoms with E-state index in [9.17, 15) is 18.0 Å². The Morgan fingerprint density at radius 1 is 1.21 bits per heavy atom. The average Bonchev–Trinajstić information content (AvgIpc) is 3.16. The van der Waals surface area contributed by atoms with Gasteiger partial charge in [-0.05, 0) is 60.4 Å². The predicted molar refractivity (Wildman–Crippen MR) is 123 cm³/mol. The third kappa shape index (κ3) is 5.78. The normalized spacial score (nSPS) is 19.4. The van der Waals surface area contributed by atoms with Gasteiger partial charge in [0.25, 0.3) is 5.91 Å². The maximum atomic E-state index is 12.9. The molecular weight excluding hydrogens is 443 g/mol. The Hall–Kier alpha value is -2.45. The number of halogens is 3. The summed E-state index contributed by atoms with van der Waals surface area (Å²) in [6.07, 6.45) is 0.335. The van der Waals surface area contributed by atoms with Gasteiger partial charge < -0.3 is 10.1 Å². The molecule has 0 radical (unpaired) electrons. The zero-order valence-corrected chi connectivity index (χ0v) is 19.7. The maximum Gasteiger partial charge on any atom is 0.416 e. The molecule has 1 unspecified atom stereocenters. The van der Waals surface area contributed by atoms with Crippen LogP contribution in [0.25, 0.3) is 0 Å². The van der Waals surface area contributed by atoms with Crippen molar-refractivity contribution in [3.05, 3.63) is 64.5 Å². The second-order valence-corrected chi connectivity index (χ2v) is 9.66. The number of nitrogens with zero attached hydrogens (tertiary/aromatic N) is 2. The molecule has 34 heavy (non-hydrogen) atoms. The van der Waals surface area contributed by atoms with Crippen LogP contribution in [0.4, 0.5) is 13.2 Å². The van der Waals surface area contributed by atoms with Crippen LogP contribution in [0.3, 0.4) is 0 Å². The summed E-state index contributed by atoms with van der Waals surface area (Å²) in [4.78, 5) is 19.6. The Balaban J connectivity index is 1.41. The minimum atomic E-state index is -4.34. The van der Waals surface area contributed by atoms with E-state index in [-0.39, 0.29) is 17.9 Å². The highest BCUT2D eigenvalue weighted by molar-refractivity contribution is 5.94. The number of nitrogens with one attached hydrogen (secondary N) is 1. The second-order valence-electron chi connectivity index (χ2n) is 9.66. The number of amides is 1. The number of alkyl halides is 3. The summed E-state index contributed by atoms with van der Waals surface area (Å²) in [6, 6.07) is 7.28. The summed E-state index contributed by atoms with van der Waals surface area (Å²) < 4.78 is 44.1. The molecule has 0 bridgehead atoms. The van der Waals surface area contributed by atoms with Crippen LogP contribution in [-0.4, -0.2) is 35.5 Å². The quantitative estimate of drug-likeness (QED) is 0.586. The van der Waals surface area contributed by atoms with E-state index in [2.05, 4.69) is 29.0 Å². The molecule has 1 atom stereocenters. The van der Waals surface area contributed by atoms with Crippen LogP contribution in [0.5, 0.6) is 0 Å². The molecular formula is C26H32F3N3O2. The summed E-state index contributed by atoms with van der Waals surface area (Å²) in [5.74, 6) is 0.741. The van der Waals surface area contributed by atoms with Crippen LogP contribution in [-0.2, 0) is 24.0 Å². The van der Waals surface area contributed by atoms with Gasteiger partial charge in [-0.3, -0.25) is 14.7 Å². The van der Waals surface area contributed by atoms with Crippen molar-refractivity contribution in [2.75, 3.05) is 19.8 Å². The van der Waals surface area contributed by atoms with Gasteiger partial charge in [0.15, 0.2) is 0 Å². The van der Waals surface area contributed by atoms with E-state index in [1.165, 1.54) is 12.1 Å². The largest absolute Gasteiger partial charge is 0.416 e. The second kappa shape index (κ2) is 10.4. The van der Waals surface area contributed by atoms with Crippen LogP contribution in [0.15, 0.2) is 36.5 Å². The maximum absolute atomic E-state index is 12.9. The fraction of sp³-hybridized carbons (Fsp3) is 0.538. The number of hydrogen-bond acceptors (Lipinski definition) is 4. The SMILES string of the molecule is CC(C)C1c2ncc(C(=O)NCCC3CCOCC3)cc2CN1Cc1ccc(C(F)(F)F)cc1. The highest BCUT2D eigenvalue weighted by Gasteiger charge is 2.35. The fourth-order valence-electron chi connectivity index (χ4n) is 4.98. The first-order chi connectivity index (χ1) is 16.2. The highest BCUT2D eigenvalue weighted by Crippen LogP contribution is 2.39. The molecule has 184 valence electrons. The molecule has 2 aliphatic rings. The number of hydrogen-bond donors (Lipinski definition) is 1. The molecule has 1 N–H and O–H groups in total. The number of pyridine rings is 1. The number of rotatable bonds is 7. The molecule has 8 heteroatoms. The highest BCUT2D eigenvalue weighted by atomic mass is 19.4. The fourth-order valence-corrected chi connectivity index (χ4v) is 4.98. The number of ether oxygens (including phenoxy) is 1. The van der Waals surface area contributed by atoms with Gasteiger partial charge in [0.05, 0.1) is 22.9 Å². The number of benzene rings is 1. The topological polar surface area (TPSA) is 54.5 Å². The van der Waals surface area contributed by atoms with E-state index in [0.29, 0.717) is 31.1 Å². The van der Waals surface area contributed by atoms with Gasteiger partial charge in [-0.25, -0.2) is 0 Å². The third-order valence-corrected chi connectivity index (χ3v) is 6.79. The Morgan fingerprint density at radius 2 is 1.91 bits per heavy atom. The molecule has 2 aromatic rings. The van der Waals surface area contributed by atoms with Gasteiger partial charge in [0, 0.05) is 39.0 Å². The number of carbonyl (C=O) groups is 1. The Morgan fingerprint density at radius 3 is 2.56 bits per heavy atom. The van der Waals surface area contributed by atoms with Crippen LogP contribution in [0, 0.1) is 11.8 Å². The summed E-state index contributed by atoms with van der Waals surface area (Å²) in [5, 5.41) is 3.01. The Kier molecular flexibility index (Phi) is 7.57. The van der Waals surface area contributed by atoms with Crippen molar-refractivity contribution < 1.29 is 22.7 Å². The van der Waals surface area contributed by atoms with Crippen LogP contribution in [0.1, 0.15) is 71.9 Å². The van der Waals surface area contributed by atoms with E-state index >= 15 is 0 Å². The van der Waals surface area contributed by atoms with E-state index in [0.717, 1.165) is 61.4 Å². The van der Waals surface area contributed by atoms with Crippen molar-refractivity contribution in [1.82, 2.24) is 15.2 Å². The minimum Gasteiger partial charge on any atom is -0.381 e. The van der Waals surface area contributed by atoms with E-state index < -0.39 is 11.7 Å². The molecule has 1 aromatic carbocycles. The lowest BCUT2D eigenvalue weighted by Gasteiger charge is -2.27. The van der Waals surface area contributed by atoms with Crippen molar-refractivity contribution in [2.24, 2.45) is 11.8 Å². The molecule has 1 aromatic heterocycles. The van der Waals surface area contributed by atoms with Crippen LogP contribution >= 0.6 is 0 Å². The number of carbonyl (C=O) groups excluding carboxylic acids is 1. The van der Waals surface area contributed by atoms with Crippen molar-refractivity contribution >= 4 is 5.91 Å². The molecule has 1 amide bonds. The van der Waals surface area contributed by atoms with E-state index in [4.69, 9.17) is 4.74 Å². The van der Waals surface area contributed by atoms with Gasteiger partial charge in [0.2, 0.25) is 0 Å². The molecule has 0 saturated carbocycles. The van der Waals surface area contributed by atoms with Crippen molar-refractivity contribution in [3.8, 4) is 0 Å². The first kappa shape index (κ1) is 24.7. The average molecular weight is 476 g/mol. The van der Waals surface area contributed by atoms with Gasteiger partial charge >= 0.3 is 6.18 Å². The summed E-state index contributed by atoms with van der Waals surface area (Å²) >= 11 is 0. The van der Waals surface area contributed by atoms with Crippen molar-refractivity contribution in [1.29, 1.82) is 0 Å². The standard InChI is InChI=1S/C26H32F3N3O2/c1-17(2)24-23-21(16-32(24)15-19-3-5-22(6-4-19)26(27,28)29)13-20(14-31-23)25(33)30-10-7-18-8-11-34-12-9-18/h3-6,13-14,17-18,24H,7-12,15-16H2,1-2H3,(H,30,33). The Labute approximate surface area is 198 Å². The molecule has 2 aliphatic heterocycles. The van der Waals surface area contributed by atoms with E-state index in [1.54, 1.807) is 6.20 Å². The van der Waals surface area contributed by atoms with Crippen molar-refractivity contribution in [3.63, 3.8) is 0 Å². The predicted octanol–water partition coefficient (Wildman–Crippen LogP) is 5.36. The Bertz CT molecular complexity index is 986. The molecule has 0 aliphatic carbocycles. The lowest BCUT2D eigenvalue weighted by molar-refractivity contribution is -0.137. The molecule has 0 spiro atoms. The summed E-state index contributed by atoms with van der Waals surface area (Å²) in [6.45, 7) is 7.57. The molecule has 4 rings (SSSR count). The number of fused-ring (bicyclic) bond motifs is 1. The van der Waals surface area contributed by atoms with Crippen LogP contribution in [0.2, 0.25) is 0 Å². The third-order valence-electron chi connectivity index (χ3n) is 6.79. The summed E-state index contributed by atoms with van der Waals surface area (Å²) in [5.41, 5.74) is 2.67. The monoisotopic (exact) mass is 475 g/mol. The molecule has 1 fully saturated rings. The minimum absolute atomic E-state index is 0.0444. The molecule has 5 nitrogen and oxygen atoms in total. The number of aromatic nitrogens is 1. The zero-order chi connectivity index (χ0) is 24.3. The zero-order valence-electron chi connectivity index (χ0n) is 19.7.